The number of nitrogens with zero attached hydrogens (tertiary/aromatic N) is 3. The van der Waals surface area contributed by atoms with Gasteiger partial charge < -0.3 is 10.2 Å². The maximum absolute atomic E-state index is 13.9. The van der Waals surface area contributed by atoms with Crippen LogP contribution >= 0.6 is 0 Å². The monoisotopic (exact) mass is 328 g/mol. The molecule has 2 aromatic heterocycles. The molecule has 1 amide bonds. The molecule has 0 aliphatic carbocycles. The number of hydrogen-bond acceptors (Lipinski definition) is 4. The van der Waals surface area contributed by atoms with Crippen molar-refractivity contribution in [1.82, 2.24) is 15.3 Å². The van der Waals surface area contributed by atoms with E-state index in [0.29, 0.717) is 23.8 Å². The van der Waals surface area contributed by atoms with E-state index in [9.17, 15) is 9.18 Å². The highest BCUT2D eigenvalue weighted by atomic mass is 19.1. The fourth-order valence-electron chi connectivity index (χ4n) is 3.07. The van der Waals surface area contributed by atoms with Gasteiger partial charge in [-0.2, -0.15) is 0 Å². The summed E-state index contributed by atoms with van der Waals surface area (Å²) in [6.45, 7) is 3.98. The largest absolute Gasteiger partial charge is 0.369 e. The van der Waals surface area contributed by atoms with E-state index in [1.54, 1.807) is 18.3 Å². The van der Waals surface area contributed by atoms with Crippen LogP contribution in [0.5, 0.6) is 0 Å². The molecule has 0 saturated carbocycles. The Labute approximate surface area is 140 Å². The summed E-state index contributed by atoms with van der Waals surface area (Å²) in [4.78, 5) is 22.2. The van der Waals surface area contributed by atoms with Crippen LogP contribution in [0.4, 0.5) is 10.1 Å². The Balaban J connectivity index is 1.58. The minimum atomic E-state index is -0.300. The number of anilines is 1. The molecule has 126 valence electrons. The molecule has 0 radical (unpaired) electrons. The molecular formula is C18H21FN4O. The van der Waals surface area contributed by atoms with E-state index >= 15 is 0 Å². The Hall–Kier alpha value is -2.50. The fraction of sp³-hybridized carbons (Fsp3) is 0.389. The Morgan fingerprint density at radius 1 is 1.42 bits per heavy atom. The number of nitrogens with one attached hydrogen (secondary N) is 1. The third kappa shape index (κ3) is 3.88. The van der Waals surface area contributed by atoms with Crippen LogP contribution in [0.25, 0.3) is 0 Å². The minimum Gasteiger partial charge on any atom is -0.369 e. The molecule has 24 heavy (non-hydrogen) atoms. The second-order valence-corrected chi connectivity index (χ2v) is 6.16. The van der Waals surface area contributed by atoms with Crippen molar-refractivity contribution in [2.24, 2.45) is 5.92 Å². The third-order valence-electron chi connectivity index (χ3n) is 4.28. The Bertz CT molecular complexity index is 722. The van der Waals surface area contributed by atoms with Gasteiger partial charge in [-0.25, -0.2) is 9.37 Å². The number of rotatable bonds is 4. The van der Waals surface area contributed by atoms with Crippen molar-refractivity contribution in [3.8, 4) is 0 Å². The SMILES string of the molecule is Cc1cccc(C(=O)NCC2CCCN(c3ccncc3F)C2)n1. The second kappa shape index (κ2) is 7.38. The van der Waals surface area contributed by atoms with Gasteiger partial charge in [0.25, 0.3) is 5.91 Å². The molecule has 1 unspecified atom stereocenters. The smallest absolute Gasteiger partial charge is 0.269 e. The second-order valence-electron chi connectivity index (χ2n) is 6.16. The quantitative estimate of drug-likeness (QED) is 0.937. The summed E-state index contributed by atoms with van der Waals surface area (Å²) in [5.74, 6) is -0.169. The van der Waals surface area contributed by atoms with Crippen molar-refractivity contribution >= 4 is 11.6 Å². The van der Waals surface area contributed by atoms with Gasteiger partial charge in [0.15, 0.2) is 5.82 Å². The molecule has 2 aromatic rings. The lowest BCUT2D eigenvalue weighted by Gasteiger charge is -2.34. The number of carbonyl (C=O) groups is 1. The average molecular weight is 328 g/mol. The van der Waals surface area contributed by atoms with E-state index in [1.807, 2.05) is 24.0 Å². The number of piperidine rings is 1. The van der Waals surface area contributed by atoms with Gasteiger partial charge in [0.2, 0.25) is 0 Å². The molecule has 0 spiro atoms. The Morgan fingerprint density at radius 3 is 3.08 bits per heavy atom. The molecular weight excluding hydrogens is 307 g/mol. The van der Waals surface area contributed by atoms with Crippen LogP contribution in [0.15, 0.2) is 36.7 Å². The maximum atomic E-state index is 13.9. The summed E-state index contributed by atoms with van der Waals surface area (Å²) in [6, 6.07) is 7.10. The Kier molecular flexibility index (Phi) is 5.03. The van der Waals surface area contributed by atoms with E-state index in [0.717, 1.165) is 31.6 Å². The van der Waals surface area contributed by atoms with Crippen LogP contribution in [0.1, 0.15) is 29.0 Å². The number of carbonyl (C=O) groups excluding carboxylic acids is 1. The summed E-state index contributed by atoms with van der Waals surface area (Å²) in [5.41, 5.74) is 1.84. The van der Waals surface area contributed by atoms with Crippen LogP contribution < -0.4 is 10.2 Å². The highest BCUT2D eigenvalue weighted by molar-refractivity contribution is 5.92. The normalized spacial score (nSPS) is 17.6. The van der Waals surface area contributed by atoms with Gasteiger partial charge in [0.1, 0.15) is 5.69 Å². The van der Waals surface area contributed by atoms with Crippen LogP contribution in [-0.2, 0) is 0 Å². The predicted molar refractivity (Wildman–Crippen MR) is 90.4 cm³/mol. The molecule has 3 heterocycles. The molecule has 1 fully saturated rings. The maximum Gasteiger partial charge on any atom is 0.269 e. The van der Waals surface area contributed by atoms with E-state index < -0.39 is 0 Å². The number of halogens is 1. The first kappa shape index (κ1) is 16.4. The average Bonchev–Trinajstić information content (AvgIpc) is 2.60. The van der Waals surface area contributed by atoms with Gasteiger partial charge in [0, 0.05) is 31.5 Å². The molecule has 1 aliphatic rings. The molecule has 0 bridgehead atoms. The third-order valence-corrected chi connectivity index (χ3v) is 4.28. The van der Waals surface area contributed by atoms with Gasteiger partial charge in [-0.05, 0) is 43.9 Å². The van der Waals surface area contributed by atoms with E-state index in [1.165, 1.54) is 6.20 Å². The van der Waals surface area contributed by atoms with Crippen LogP contribution in [0.2, 0.25) is 0 Å². The first-order valence-electron chi connectivity index (χ1n) is 8.20. The van der Waals surface area contributed by atoms with Crippen LogP contribution in [-0.4, -0.2) is 35.5 Å². The first-order chi connectivity index (χ1) is 11.6. The first-order valence-corrected chi connectivity index (χ1v) is 8.20. The minimum absolute atomic E-state index is 0.161. The molecule has 0 aromatic carbocycles. The molecule has 6 heteroatoms. The highest BCUT2D eigenvalue weighted by Gasteiger charge is 2.22. The van der Waals surface area contributed by atoms with Gasteiger partial charge in [0.05, 0.1) is 11.9 Å². The zero-order valence-electron chi connectivity index (χ0n) is 13.7. The molecule has 1 N–H and O–H groups in total. The number of aryl methyl sites for hydroxylation is 1. The number of amides is 1. The zero-order valence-corrected chi connectivity index (χ0v) is 13.7. The lowest BCUT2D eigenvalue weighted by Crippen LogP contribution is -2.41. The van der Waals surface area contributed by atoms with Gasteiger partial charge >= 0.3 is 0 Å². The fourth-order valence-corrected chi connectivity index (χ4v) is 3.07. The van der Waals surface area contributed by atoms with Crippen molar-refractivity contribution in [2.75, 3.05) is 24.5 Å². The summed E-state index contributed by atoms with van der Waals surface area (Å²) < 4.78 is 13.9. The molecule has 5 nitrogen and oxygen atoms in total. The Morgan fingerprint density at radius 2 is 2.29 bits per heavy atom. The summed E-state index contributed by atoms with van der Waals surface area (Å²) in [7, 11) is 0. The standard InChI is InChI=1S/C18H21FN4O/c1-13-4-2-6-16(22-13)18(24)21-10-14-5-3-9-23(12-14)17-7-8-20-11-15(17)19/h2,4,6-8,11,14H,3,5,9-10,12H2,1H3,(H,21,24). The summed E-state index contributed by atoms with van der Waals surface area (Å²) >= 11 is 0. The van der Waals surface area contributed by atoms with Crippen molar-refractivity contribution in [1.29, 1.82) is 0 Å². The van der Waals surface area contributed by atoms with Crippen LogP contribution in [0.3, 0.4) is 0 Å². The van der Waals surface area contributed by atoms with Crippen molar-refractivity contribution < 1.29 is 9.18 Å². The lowest BCUT2D eigenvalue weighted by atomic mass is 9.97. The molecule has 3 rings (SSSR count). The number of hydrogen-bond donors (Lipinski definition) is 1. The van der Waals surface area contributed by atoms with Gasteiger partial charge in [-0.3, -0.25) is 9.78 Å². The van der Waals surface area contributed by atoms with E-state index in [4.69, 9.17) is 0 Å². The highest BCUT2D eigenvalue weighted by Crippen LogP contribution is 2.24. The van der Waals surface area contributed by atoms with Crippen molar-refractivity contribution in [3.05, 3.63) is 53.9 Å². The van der Waals surface area contributed by atoms with E-state index in [2.05, 4.69) is 15.3 Å². The molecule has 1 aliphatic heterocycles. The zero-order chi connectivity index (χ0) is 16.9. The summed E-state index contributed by atoms with van der Waals surface area (Å²) in [6.07, 6.45) is 4.84. The van der Waals surface area contributed by atoms with E-state index in [-0.39, 0.29) is 11.7 Å². The molecule has 1 atom stereocenters. The summed E-state index contributed by atoms with van der Waals surface area (Å²) in [5, 5.41) is 2.95. The predicted octanol–water partition coefficient (Wildman–Crippen LogP) is 2.57. The van der Waals surface area contributed by atoms with Gasteiger partial charge in [-0.1, -0.05) is 6.07 Å². The van der Waals surface area contributed by atoms with Gasteiger partial charge in [-0.15, -0.1) is 0 Å². The number of pyridine rings is 2. The topological polar surface area (TPSA) is 58.1 Å². The van der Waals surface area contributed by atoms with Crippen molar-refractivity contribution in [3.63, 3.8) is 0 Å². The lowest BCUT2D eigenvalue weighted by molar-refractivity contribution is 0.0940. The van der Waals surface area contributed by atoms with Crippen LogP contribution in [0, 0.1) is 18.7 Å². The van der Waals surface area contributed by atoms with Crippen molar-refractivity contribution in [2.45, 2.75) is 19.8 Å². The molecule has 1 saturated heterocycles. The number of aromatic nitrogens is 2.